The maximum atomic E-state index is 11.4. The number of halogens is 1. The molecular weight excluding hydrogens is 210 g/mol. The number of rotatable bonds is 4. The Bertz CT molecular complexity index is 349. The van der Waals surface area contributed by atoms with Crippen LogP contribution in [0.4, 0.5) is 0 Å². The van der Waals surface area contributed by atoms with Gasteiger partial charge in [-0.2, -0.15) is 0 Å². The summed E-state index contributed by atoms with van der Waals surface area (Å²) in [6.07, 6.45) is 4.03. The van der Waals surface area contributed by atoms with Crippen molar-refractivity contribution in [3.05, 3.63) is 29.0 Å². The van der Waals surface area contributed by atoms with Crippen LogP contribution in [0.25, 0.3) is 0 Å². The van der Waals surface area contributed by atoms with Gasteiger partial charge < -0.3 is 0 Å². The van der Waals surface area contributed by atoms with E-state index in [0.717, 1.165) is 5.56 Å². The van der Waals surface area contributed by atoms with E-state index in [9.17, 15) is 4.79 Å². The summed E-state index contributed by atoms with van der Waals surface area (Å²) in [7, 11) is 0. The van der Waals surface area contributed by atoms with Crippen LogP contribution in [0.3, 0.4) is 0 Å². The molecule has 3 heteroatoms. The second-order valence-corrected chi connectivity index (χ2v) is 4.54. The highest BCUT2D eigenvalue weighted by Crippen LogP contribution is 2.22. The van der Waals surface area contributed by atoms with E-state index < -0.39 is 0 Å². The lowest BCUT2D eigenvalue weighted by Crippen LogP contribution is -2.20. The van der Waals surface area contributed by atoms with Crippen LogP contribution in [0.5, 0.6) is 0 Å². The molecule has 0 spiro atoms. The molecule has 0 aromatic carbocycles. The minimum atomic E-state index is 0.0462. The predicted molar refractivity (Wildman–Crippen MR) is 62.0 cm³/mol. The second kappa shape index (κ2) is 5.26. The van der Waals surface area contributed by atoms with E-state index >= 15 is 0 Å². The summed E-state index contributed by atoms with van der Waals surface area (Å²) in [5.74, 6) is 0.606. The molecule has 2 nitrogen and oxygen atoms in total. The molecule has 1 unspecified atom stereocenters. The van der Waals surface area contributed by atoms with Gasteiger partial charge >= 0.3 is 0 Å². The summed E-state index contributed by atoms with van der Waals surface area (Å²) in [4.78, 5) is 15.4. The number of aromatic nitrogens is 1. The number of nitrogens with zero attached hydrogens (tertiary/aromatic N) is 1. The highest BCUT2D eigenvalue weighted by Gasteiger charge is 2.19. The molecule has 0 aliphatic rings. The summed E-state index contributed by atoms with van der Waals surface area (Å²) in [6, 6.07) is 1.88. The molecule has 0 saturated carbocycles. The highest BCUT2D eigenvalue weighted by atomic mass is 35.5. The molecule has 1 aromatic rings. The zero-order chi connectivity index (χ0) is 11.4. The fourth-order valence-corrected chi connectivity index (χ4v) is 1.85. The van der Waals surface area contributed by atoms with Crippen molar-refractivity contribution in [3.63, 3.8) is 0 Å². The maximum Gasteiger partial charge on any atom is 0.133 e. The summed E-state index contributed by atoms with van der Waals surface area (Å²) in [5.41, 5.74) is 1.00. The van der Waals surface area contributed by atoms with Crippen molar-refractivity contribution >= 4 is 17.4 Å². The third-order valence-electron chi connectivity index (χ3n) is 2.62. The van der Waals surface area contributed by atoms with Crippen LogP contribution >= 0.6 is 11.6 Å². The SMILES string of the molecule is CC(=O)C(Cc1ccncc1Cl)C(C)C. The number of hydrogen-bond acceptors (Lipinski definition) is 2. The zero-order valence-electron chi connectivity index (χ0n) is 9.33. The molecule has 0 aliphatic carbocycles. The number of hydrogen-bond donors (Lipinski definition) is 0. The Morgan fingerprint density at radius 1 is 1.53 bits per heavy atom. The zero-order valence-corrected chi connectivity index (χ0v) is 10.1. The van der Waals surface area contributed by atoms with Gasteiger partial charge in [-0.1, -0.05) is 25.4 Å². The van der Waals surface area contributed by atoms with Gasteiger partial charge in [-0.3, -0.25) is 9.78 Å². The minimum absolute atomic E-state index is 0.0462. The predicted octanol–water partition coefficient (Wildman–Crippen LogP) is 3.14. The van der Waals surface area contributed by atoms with Crippen LogP contribution in [0, 0.1) is 11.8 Å². The molecule has 1 aromatic heterocycles. The lowest BCUT2D eigenvalue weighted by atomic mass is 9.86. The largest absolute Gasteiger partial charge is 0.300 e. The topological polar surface area (TPSA) is 30.0 Å². The minimum Gasteiger partial charge on any atom is -0.300 e. The van der Waals surface area contributed by atoms with Crippen LogP contribution in [0.2, 0.25) is 5.02 Å². The molecule has 0 amide bonds. The normalized spacial score (nSPS) is 12.9. The molecule has 0 bridgehead atoms. The van der Waals surface area contributed by atoms with Crippen molar-refractivity contribution in [3.8, 4) is 0 Å². The summed E-state index contributed by atoms with van der Waals surface area (Å²) < 4.78 is 0. The molecule has 0 saturated heterocycles. The van der Waals surface area contributed by atoms with Crippen molar-refractivity contribution in [2.45, 2.75) is 27.2 Å². The van der Waals surface area contributed by atoms with Crippen LogP contribution in [-0.4, -0.2) is 10.8 Å². The number of carbonyl (C=O) groups excluding carboxylic acids is 1. The van der Waals surface area contributed by atoms with Gasteiger partial charge in [0.1, 0.15) is 5.78 Å². The van der Waals surface area contributed by atoms with Crippen molar-refractivity contribution in [1.29, 1.82) is 0 Å². The molecule has 0 radical (unpaired) electrons. The van der Waals surface area contributed by atoms with E-state index in [1.54, 1.807) is 19.3 Å². The van der Waals surface area contributed by atoms with Gasteiger partial charge in [0.25, 0.3) is 0 Å². The van der Waals surface area contributed by atoms with Crippen LogP contribution < -0.4 is 0 Å². The third-order valence-corrected chi connectivity index (χ3v) is 2.96. The van der Waals surface area contributed by atoms with E-state index in [2.05, 4.69) is 18.8 Å². The molecule has 15 heavy (non-hydrogen) atoms. The van der Waals surface area contributed by atoms with Crippen LogP contribution in [0.15, 0.2) is 18.5 Å². The Kier molecular flexibility index (Phi) is 4.28. The summed E-state index contributed by atoms with van der Waals surface area (Å²) >= 11 is 6.00. The van der Waals surface area contributed by atoms with Crippen molar-refractivity contribution < 1.29 is 4.79 Å². The Balaban J connectivity index is 2.84. The second-order valence-electron chi connectivity index (χ2n) is 4.13. The van der Waals surface area contributed by atoms with Gasteiger partial charge in [0.2, 0.25) is 0 Å². The maximum absolute atomic E-state index is 11.4. The van der Waals surface area contributed by atoms with Gasteiger partial charge in [-0.05, 0) is 30.9 Å². The first-order valence-corrected chi connectivity index (χ1v) is 5.49. The Morgan fingerprint density at radius 2 is 2.20 bits per heavy atom. The summed E-state index contributed by atoms with van der Waals surface area (Å²) in [5, 5.41) is 0.643. The molecule has 0 N–H and O–H groups in total. The van der Waals surface area contributed by atoms with E-state index in [1.165, 1.54) is 0 Å². The number of carbonyl (C=O) groups is 1. The first-order chi connectivity index (χ1) is 7.02. The fraction of sp³-hybridized carbons (Fsp3) is 0.500. The first-order valence-electron chi connectivity index (χ1n) is 5.11. The average molecular weight is 226 g/mol. The third kappa shape index (κ3) is 3.31. The number of Topliss-reactive ketones (excluding diaryl/α,β-unsaturated/α-hetero) is 1. The van der Waals surface area contributed by atoms with E-state index in [-0.39, 0.29) is 11.7 Å². The van der Waals surface area contributed by atoms with E-state index in [0.29, 0.717) is 17.4 Å². The number of pyridine rings is 1. The molecule has 82 valence electrons. The lowest BCUT2D eigenvalue weighted by molar-refractivity contribution is -0.121. The smallest absolute Gasteiger partial charge is 0.133 e. The molecule has 0 aliphatic heterocycles. The van der Waals surface area contributed by atoms with Gasteiger partial charge in [-0.15, -0.1) is 0 Å². The Labute approximate surface area is 95.7 Å². The lowest BCUT2D eigenvalue weighted by Gasteiger charge is -2.18. The molecule has 1 heterocycles. The van der Waals surface area contributed by atoms with Crippen molar-refractivity contribution in [2.75, 3.05) is 0 Å². The fourth-order valence-electron chi connectivity index (χ4n) is 1.66. The molecular formula is C12H16ClNO. The highest BCUT2D eigenvalue weighted by molar-refractivity contribution is 6.31. The Morgan fingerprint density at radius 3 is 2.67 bits per heavy atom. The van der Waals surface area contributed by atoms with Gasteiger partial charge in [0.15, 0.2) is 0 Å². The molecule has 1 atom stereocenters. The Hall–Kier alpha value is -0.890. The monoisotopic (exact) mass is 225 g/mol. The van der Waals surface area contributed by atoms with Crippen LogP contribution in [0.1, 0.15) is 26.3 Å². The summed E-state index contributed by atoms with van der Waals surface area (Å²) in [6.45, 7) is 5.75. The van der Waals surface area contributed by atoms with Gasteiger partial charge in [0.05, 0.1) is 5.02 Å². The van der Waals surface area contributed by atoms with E-state index in [1.807, 2.05) is 6.07 Å². The first kappa shape index (κ1) is 12.2. The van der Waals surface area contributed by atoms with Crippen molar-refractivity contribution in [2.24, 2.45) is 11.8 Å². The van der Waals surface area contributed by atoms with Gasteiger partial charge in [-0.25, -0.2) is 0 Å². The standard InChI is InChI=1S/C12H16ClNO/c1-8(2)11(9(3)15)6-10-4-5-14-7-12(10)13/h4-5,7-8,11H,6H2,1-3H3. The average Bonchev–Trinajstić information content (AvgIpc) is 2.15. The molecule has 1 rings (SSSR count). The van der Waals surface area contributed by atoms with Crippen molar-refractivity contribution in [1.82, 2.24) is 4.98 Å². The number of ketones is 1. The van der Waals surface area contributed by atoms with E-state index in [4.69, 9.17) is 11.6 Å². The van der Waals surface area contributed by atoms with Crippen LogP contribution in [-0.2, 0) is 11.2 Å². The molecule has 0 fully saturated rings. The quantitative estimate of drug-likeness (QED) is 0.788. The van der Waals surface area contributed by atoms with Gasteiger partial charge in [0, 0.05) is 18.3 Å².